The summed E-state index contributed by atoms with van der Waals surface area (Å²) in [6, 6.07) is 14.0. The van der Waals surface area contributed by atoms with Crippen LogP contribution in [-0.4, -0.2) is 41.3 Å². The van der Waals surface area contributed by atoms with Gasteiger partial charge in [-0.15, -0.1) is 0 Å². The number of anilines is 2. The number of halogens is 1. The molecule has 2 heterocycles. The van der Waals surface area contributed by atoms with Crippen LogP contribution in [0.4, 0.5) is 15.9 Å². The van der Waals surface area contributed by atoms with Gasteiger partial charge in [-0.25, -0.2) is 9.37 Å². The van der Waals surface area contributed by atoms with Gasteiger partial charge in [0.25, 0.3) is 0 Å². The number of pyridine rings is 1. The summed E-state index contributed by atoms with van der Waals surface area (Å²) in [5, 5.41) is 15.8. The SMILES string of the molecule is OC(c1cnc(Nc2cccc(F)c2)c2ccccc12)N1CCOCC1. The van der Waals surface area contributed by atoms with E-state index in [1.807, 2.05) is 29.2 Å². The average Bonchev–Trinajstić information content (AvgIpc) is 2.68. The summed E-state index contributed by atoms with van der Waals surface area (Å²) in [5.74, 6) is 0.322. The summed E-state index contributed by atoms with van der Waals surface area (Å²) in [4.78, 5) is 6.48. The molecule has 0 amide bonds. The molecule has 0 spiro atoms. The van der Waals surface area contributed by atoms with Gasteiger partial charge in [-0.1, -0.05) is 30.3 Å². The molecule has 0 aliphatic carbocycles. The van der Waals surface area contributed by atoms with E-state index in [0.29, 0.717) is 37.8 Å². The topological polar surface area (TPSA) is 57.6 Å². The lowest BCUT2D eigenvalue weighted by atomic mass is 10.0. The van der Waals surface area contributed by atoms with Crippen molar-refractivity contribution in [3.8, 4) is 0 Å². The maximum absolute atomic E-state index is 13.5. The van der Waals surface area contributed by atoms with Crippen LogP contribution in [0.25, 0.3) is 10.8 Å². The van der Waals surface area contributed by atoms with Gasteiger partial charge < -0.3 is 15.2 Å². The third-order valence-corrected chi connectivity index (χ3v) is 4.58. The van der Waals surface area contributed by atoms with Crippen LogP contribution in [0.2, 0.25) is 0 Å². The van der Waals surface area contributed by atoms with E-state index >= 15 is 0 Å². The minimum absolute atomic E-state index is 0.307. The molecule has 0 bridgehead atoms. The molecule has 1 saturated heterocycles. The summed E-state index contributed by atoms with van der Waals surface area (Å²) < 4.78 is 18.8. The van der Waals surface area contributed by atoms with Crippen LogP contribution in [0.5, 0.6) is 0 Å². The second kappa shape index (κ2) is 7.37. The number of fused-ring (bicyclic) bond motifs is 1. The van der Waals surface area contributed by atoms with Crippen molar-refractivity contribution in [1.82, 2.24) is 9.88 Å². The second-order valence-corrected chi connectivity index (χ2v) is 6.27. The monoisotopic (exact) mass is 353 g/mol. The predicted molar refractivity (Wildman–Crippen MR) is 98.8 cm³/mol. The third kappa shape index (κ3) is 3.39. The highest BCUT2D eigenvalue weighted by Gasteiger charge is 2.23. The highest BCUT2D eigenvalue weighted by molar-refractivity contribution is 5.95. The van der Waals surface area contributed by atoms with Gasteiger partial charge in [-0.3, -0.25) is 4.90 Å². The maximum Gasteiger partial charge on any atom is 0.138 e. The number of aliphatic hydroxyl groups is 1. The first-order valence-corrected chi connectivity index (χ1v) is 8.62. The minimum atomic E-state index is -0.737. The first-order valence-electron chi connectivity index (χ1n) is 8.62. The molecule has 2 aromatic carbocycles. The quantitative estimate of drug-likeness (QED) is 0.752. The van der Waals surface area contributed by atoms with E-state index in [2.05, 4.69) is 10.3 Å². The number of nitrogens with zero attached hydrogens (tertiary/aromatic N) is 2. The molecule has 26 heavy (non-hydrogen) atoms. The number of benzene rings is 2. The van der Waals surface area contributed by atoms with Crippen molar-refractivity contribution in [2.75, 3.05) is 31.6 Å². The molecule has 6 heteroatoms. The van der Waals surface area contributed by atoms with Crippen molar-refractivity contribution < 1.29 is 14.2 Å². The smallest absolute Gasteiger partial charge is 0.138 e. The van der Waals surface area contributed by atoms with Gasteiger partial charge in [0.15, 0.2) is 0 Å². The van der Waals surface area contributed by atoms with E-state index in [-0.39, 0.29) is 5.82 Å². The Morgan fingerprint density at radius 1 is 1.08 bits per heavy atom. The van der Waals surface area contributed by atoms with Crippen molar-refractivity contribution in [1.29, 1.82) is 0 Å². The lowest BCUT2D eigenvalue weighted by Crippen LogP contribution is -2.39. The van der Waals surface area contributed by atoms with Crippen molar-refractivity contribution in [2.45, 2.75) is 6.23 Å². The van der Waals surface area contributed by atoms with E-state index in [1.54, 1.807) is 18.3 Å². The minimum Gasteiger partial charge on any atom is -0.379 e. The van der Waals surface area contributed by atoms with Gasteiger partial charge in [0.05, 0.1) is 13.2 Å². The number of aromatic nitrogens is 1. The number of hydrogen-bond acceptors (Lipinski definition) is 5. The molecule has 1 unspecified atom stereocenters. The molecule has 1 aliphatic rings. The second-order valence-electron chi connectivity index (χ2n) is 6.27. The van der Waals surface area contributed by atoms with Crippen molar-refractivity contribution in [2.24, 2.45) is 0 Å². The molecule has 1 aromatic heterocycles. The lowest BCUT2D eigenvalue weighted by Gasteiger charge is -2.31. The van der Waals surface area contributed by atoms with E-state index < -0.39 is 6.23 Å². The molecule has 1 aliphatic heterocycles. The van der Waals surface area contributed by atoms with E-state index in [9.17, 15) is 9.50 Å². The van der Waals surface area contributed by atoms with Gasteiger partial charge in [-0.05, 0) is 23.6 Å². The number of nitrogens with one attached hydrogen (secondary N) is 1. The first-order chi connectivity index (χ1) is 12.7. The zero-order valence-electron chi connectivity index (χ0n) is 14.2. The molecule has 0 saturated carbocycles. The summed E-state index contributed by atoms with van der Waals surface area (Å²) in [7, 11) is 0. The zero-order valence-corrected chi connectivity index (χ0v) is 14.2. The molecule has 4 rings (SSSR count). The Hall–Kier alpha value is -2.54. The maximum atomic E-state index is 13.5. The van der Waals surface area contributed by atoms with Crippen molar-refractivity contribution >= 4 is 22.3 Å². The number of hydrogen-bond donors (Lipinski definition) is 2. The van der Waals surface area contributed by atoms with Gasteiger partial charge in [0, 0.05) is 35.9 Å². The highest BCUT2D eigenvalue weighted by Crippen LogP contribution is 2.31. The fourth-order valence-corrected chi connectivity index (χ4v) is 3.24. The number of aliphatic hydroxyl groups excluding tert-OH is 1. The van der Waals surface area contributed by atoms with E-state index in [4.69, 9.17) is 4.74 Å². The van der Waals surface area contributed by atoms with Gasteiger partial charge >= 0.3 is 0 Å². The Morgan fingerprint density at radius 3 is 2.62 bits per heavy atom. The van der Waals surface area contributed by atoms with Gasteiger partial charge in [0.1, 0.15) is 17.9 Å². The van der Waals surface area contributed by atoms with Crippen LogP contribution < -0.4 is 5.32 Å². The van der Waals surface area contributed by atoms with E-state index in [1.165, 1.54) is 12.1 Å². The van der Waals surface area contributed by atoms with Gasteiger partial charge in [0.2, 0.25) is 0 Å². The van der Waals surface area contributed by atoms with Crippen LogP contribution >= 0.6 is 0 Å². The van der Waals surface area contributed by atoms with Gasteiger partial charge in [-0.2, -0.15) is 0 Å². The first kappa shape index (κ1) is 16.9. The van der Waals surface area contributed by atoms with Crippen molar-refractivity contribution in [3.05, 3.63) is 66.1 Å². The summed E-state index contributed by atoms with van der Waals surface area (Å²) >= 11 is 0. The standard InChI is InChI=1S/C20H20FN3O2/c21-14-4-3-5-15(12-14)23-19-17-7-2-1-6-16(17)18(13-22-19)20(25)24-8-10-26-11-9-24/h1-7,12-13,20,25H,8-11H2,(H,22,23). The van der Waals surface area contributed by atoms with Crippen LogP contribution in [0.1, 0.15) is 11.8 Å². The molecule has 134 valence electrons. The van der Waals surface area contributed by atoms with Crippen LogP contribution in [0.3, 0.4) is 0 Å². The normalized spacial score (nSPS) is 16.5. The predicted octanol–water partition coefficient (Wildman–Crippen LogP) is 3.44. The molecule has 2 N–H and O–H groups in total. The Kier molecular flexibility index (Phi) is 4.79. The largest absolute Gasteiger partial charge is 0.379 e. The average molecular weight is 353 g/mol. The number of ether oxygens (including phenoxy) is 1. The number of morpholine rings is 1. The molecule has 1 atom stereocenters. The molecule has 5 nitrogen and oxygen atoms in total. The fraction of sp³-hybridized carbons (Fsp3) is 0.250. The Balaban J connectivity index is 1.71. The molecule has 1 fully saturated rings. The Morgan fingerprint density at radius 2 is 1.85 bits per heavy atom. The Labute approximate surface area is 151 Å². The summed E-state index contributed by atoms with van der Waals surface area (Å²) in [6.45, 7) is 2.58. The lowest BCUT2D eigenvalue weighted by molar-refractivity contribution is -0.0598. The van der Waals surface area contributed by atoms with Crippen LogP contribution in [0, 0.1) is 5.82 Å². The number of rotatable bonds is 4. The fourth-order valence-electron chi connectivity index (χ4n) is 3.24. The summed E-state index contributed by atoms with van der Waals surface area (Å²) in [5.41, 5.74) is 1.39. The van der Waals surface area contributed by atoms with Crippen LogP contribution in [-0.2, 0) is 4.74 Å². The summed E-state index contributed by atoms with van der Waals surface area (Å²) in [6.07, 6.45) is 0.948. The zero-order chi connectivity index (χ0) is 17.9. The molecular formula is C20H20FN3O2. The Bertz CT molecular complexity index is 912. The van der Waals surface area contributed by atoms with E-state index in [0.717, 1.165) is 16.3 Å². The van der Waals surface area contributed by atoms with Crippen LogP contribution in [0.15, 0.2) is 54.7 Å². The molecule has 3 aromatic rings. The highest BCUT2D eigenvalue weighted by atomic mass is 19.1. The molecule has 0 radical (unpaired) electrons. The molecular weight excluding hydrogens is 333 g/mol. The third-order valence-electron chi connectivity index (χ3n) is 4.58. The van der Waals surface area contributed by atoms with Crippen molar-refractivity contribution in [3.63, 3.8) is 0 Å².